The number of amides is 1. The third kappa shape index (κ3) is 3.98. The van der Waals surface area contributed by atoms with Gasteiger partial charge in [-0.05, 0) is 73.8 Å². The fourth-order valence-corrected chi connectivity index (χ4v) is 3.49. The number of nitrogens with two attached hydrogens (primary N) is 1. The molecule has 1 unspecified atom stereocenters. The molecule has 1 amide bonds. The fraction of sp³-hybridized carbons (Fsp3) is 0.562. The summed E-state index contributed by atoms with van der Waals surface area (Å²) in [7, 11) is 0. The Labute approximate surface area is 135 Å². The molecule has 0 radical (unpaired) electrons. The summed E-state index contributed by atoms with van der Waals surface area (Å²) in [4.78, 5) is 14.1. The van der Waals surface area contributed by atoms with Gasteiger partial charge in [0.2, 0.25) is 0 Å². The molecular weight excluding hydrogens is 330 g/mol. The average Bonchev–Trinajstić information content (AvgIpc) is 2.45. The summed E-state index contributed by atoms with van der Waals surface area (Å²) in [6.07, 6.45) is 2.45. The molecule has 1 aliphatic rings. The average molecular weight is 354 g/mol. The molecule has 1 atom stereocenters. The minimum absolute atomic E-state index is 0.319. The smallest absolute Gasteiger partial charge is 0.251 e. The summed E-state index contributed by atoms with van der Waals surface area (Å²) in [6.45, 7) is 7.41. The van der Waals surface area contributed by atoms with Gasteiger partial charge in [-0.1, -0.05) is 6.07 Å². The quantitative estimate of drug-likeness (QED) is 0.855. The van der Waals surface area contributed by atoms with Gasteiger partial charge in [-0.3, -0.25) is 4.79 Å². The number of rotatable bonds is 5. The van der Waals surface area contributed by atoms with E-state index in [1.807, 2.05) is 18.2 Å². The number of piperidine rings is 1. The molecule has 1 heterocycles. The number of hydrogen-bond acceptors (Lipinski definition) is 3. The van der Waals surface area contributed by atoms with E-state index in [0.717, 1.165) is 29.8 Å². The largest absolute Gasteiger partial charge is 0.368 e. The number of anilines is 1. The van der Waals surface area contributed by atoms with Crippen LogP contribution in [0.3, 0.4) is 0 Å². The summed E-state index contributed by atoms with van der Waals surface area (Å²) in [5.74, 6) is 0.228. The Morgan fingerprint density at radius 3 is 2.86 bits per heavy atom. The maximum absolute atomic E-state index is 11.8. The van der Waals surface area contributed by atoms with Crippen molar-refractivity contribution in [2.75, 3.05) is 24.5 Å². The molecule has 3 N–H and O–H groups in total. The first-order valence-electron chi connectivity index (χ1n) is 7.56. The first-order chi connectivity index (χ1) is 10.0. The SMILES string of the molecule is CC(C)N(CC1CCCNC1)c1cccc(Br)c1C(N)=O. The van der Waals surface area contributed by atoms with Crippen molar-refractivity contribution in [3.8, 4) is 0 Å². The second-order valence-electron chi connectivity index (χ2n) is 5.96. The molecule has 116 valence electrons. The van der Waals surface area contributed by atoms with E-state index in [1.54, 1.807) is 0 Å². The highest BCUT2D eigenvalue weighted by Gasteiger charge is 2.23. The van der Waals surface area contributed by atoms with Gasteiger partial charge in [0.15, 0.2) is 0 Å². The van der Waals surface area contributed by atoms with Crippen LogP contribution < -0.4 is 16.0 Å². The van der Waals surface area contributed by atoms with Gasteiger partial charge in [-0.25, -0.2) is 0 Å². The number of hydrogen-bond donors (Lipinski definition) is 2. The Balaban J connectivity index is 2.29. The number of carbonyl (C=O) groups is 1. The maximum Gasteiger partial charge on any atom is 0.251 e. The first kappa shape index (κ1) is 16.3. The van der Waals surface area contributed by atoms with E-state index >= 15 is 0 Å². The zero-order chi connectivity index (χ0) is 15.4. The number of nitrogens with one attached hydrogen (secondary N) is 1. The number of primary amides is 1. The Morgan fingerprint density at radius 2 is 2.29 bits per heavy atom. The number of carbonyl (C=O) groups excluding carboxylic acids is 1. The molecule has 0 bridgehead atoms. The summed E-state index contributed by atoms with van der Waals surface area (Å²) in [5.41, 5.74) is 7.09. The lowest BCUT2D eigenvalue weighted by atomic mass is 9.97. The van der Waals surface area contributed by atoms with Crippen LogP contribution in [0, 0.1) is 5.92 Å². The minimum Gasteiger partial charge on any atom is -0.368 e. The van der Waals surface area contributed by atoms with Gasteiger partial charge in [0.05, 0.1) is 11.3 Å². The van der Waals surface area contributed by atoms with Gasteiger partial charge >= 0.3 is 0 Å². The molecule has 1 fully saturated rings. The van der Waals surface area contributed by atoms with Crippen molar-refractivity contribution in [2.24, 2.45) is 11.7 Å². The van der Waals surface area contributed by atoms with Crippen molar-refractivity contribution in [2.45, 2.75) is 32.7 Å². The van der Waals surface area contributed by atoms with Gasteiger partial charge in [-0.15, -0.1) is 0 Å². The lowest BCUT2D eigenvalue weighted by Crippen LogP contribution is -2.42. The topological polar surface area (TPSA) is 58.4 Å². The molecule has 0 aromatic heterocycles. The van der Waals surface area contributed by atoms with Gasteiger partial charge in [0, 0.05) is 17.1 Å². The highest BCUT2D eigenvalue weighted by Crippen LogP contribution is 2.30. The van der Waals surface area contributed by atoms with Crippen LogP contribution in [0.2, 0.25) is 0 Å². The molecule has 5 heteroatoms. The Kier molecular flexibility index (Phi) is 5.65. The molecule has 0 saturated carbocycles. The van der Waals surface area contributed by atoms with Crippen LogP contribution in [0.15, 0.2) is 22.7 Å². The molecule has 1 aromatic rings. The van der Waals surface area contributed by atoms with Crippen LogP contribution in [-0.4, -0.2) is 31.6 Å². The molecule has 1 aliphatic heterocycles. The van der Waals surface area contributed by atoms with E-state index in [2.05, 4.69) is 40.0 Å². The van der Waals surface area contributed by atoms with Crippen LogP contribution in [0.1, 0.15) is 37.0 Å². The zero-order valence-electron chi connectivity index (χ0n) is 12.7. The molecule has 1 aromatic carbocycles. The van der Waals surface area contributed by atoms with Crippen molar-refractivity contribution in [1.29, 1.82) is 0 Å². The van der Waals surface area contributed by atoms with Crippen LogP contribution in [0.25, 0.3) is 0 Å². The Bertz CT molecular complexity index is 498. The second-order valence-corrected chi connectivity index (χ2v) is 6.81. The lowest BCUT2D eigenvalue weighted by Gasteiger charge is -2.35. The standard InChI is InChI=1S/C16H24BrN3O/c1-11(2)20(10-12-5-4-8-19-9-12)14-7-3-6-13(17)15(14)16(18)21/h3,6-7,11-12,19H,4-5,8-10H2,1-2H3,(H2,18,21). The van der Waals surface area contributed by atoms with Crippen LogP contribution >= 0.6 is 15.9 Å². The normalized spacial score (nSPS) is 18.8. The van der Waals surface area contributed by atoms with E-state index in [1.165, 1.54) is 12.8 Å². The third-order valence-corrected chi connectivity index (χ3v) is 4.69. The van der Waals surface area contributed by atoms with Gasteiger partial charge in [0.25, 0.3) is 5.91 Å². The van der Waals surface area contributed by atoms with Crippen LogP contribution in [0.4, 0.5) is 5.69 Å². The number of benzene rings is 1. The fourth-order valence-electron chi connectivity index (χ4n) is 2.94. The Hall–Kier alpha value is -1.07. The highest BCUT2D eigenvalue weighted by molar-refractivity contribution is 9.10. The first-order valence-corrected chi connectivity index (χ1v) is 8.35. The van der Waals surface area contributed by atoms with Crippen LogP contribution in [-0.2, 0) is 0 Å². The Morgan fingerprint density at radius 1 is 1.52 bits per heavy atom. The molecule has 2 rings (SSSR count). The van der Waals surface area contributed by atoms with Gasteiger partial charge in [-0.2, -0.15) is 0 Å². The monoisotopic (exact) mass is 353 g/mol. The van der Waals surface area contributed by atoms with E-state index in [-0.39, 0.29) is 5.91 Å². The predicted octanol–water partition coefficient (Wildman–Crippen LogP) is 2.76. The van der Waals surface area contributed by atoms with E-state index in [4.69, 9.17) is 5.73 Å². The van der Waals surface area contributed by atoms with Crippen molar-refractivity contribution in [3.05, 3.63) is 28.2 Å². The summed E-state index contributed by atoms with van der Waals surface area (Å²) < 4.78 is 0.764. The molecule has 4 nitrogen and oxygen atoms in total. The lowest BCUT2D eigenvalue weighted by molar-refractivity contribution is 0.1000. The van der Waals surface area contributed by atoms with E-state index in [9.17, 15) is 4.79 Å². The van der Waals surface area contributed by atoms with Gasteiger partial charge in [0.1, 0.15) is 0 Å². The zero-order valence-corrected chi connectivity index (χ0v) is 14.3. The highest BCUT2D eigenvalue weighted by atomic mass is 79.9. The van der Waals surface area contributed by atoms with Crippen molar-refractivity contribution < 1.29 is 4.79 Å². The maximum atomic E-state index is 11.8. The van der Waals surface area contributed by atoms with E-state index in [0.29, 0.717) is 17.5 Å². The number of nitrogens with zero attached hydrogens (tertiary/aromatic N) is 1. The summed E-state index contributed by atoms with van der Waals surface area (Å²) in [6, 6.07) is 6.13. The molecular formula is C16H24BrN3O. The van der Waals surface area contributed by atoms with Crippen molar-refractivity contribution >= 4 is 27.5 Å². The van der Waals surface area contributed by atoms with Crippen molar-refractivity contribution in [3.63, 3.8) is 0 Å². The molecule has 0 spiro atoms. The second kappa shape index (κ2) is 7.27. The van der Waals surface area contributed by atoms with Gasteiger partial charge < -0.3 is 16.0 Å². The molecule has 21 heavy (non-hydrogen) atoms. The molecule has 0 aliphatic carbocycles. The number of halogens is 1. The summed E-state index contributed by atoms with van der Waals surface area (Å²) in [5, 5.41) is 3.45. The summed E-state index contributed by atoms with van der Waals surface area (Å²) >= 11 is 3.45. The third-order valence-electron chi connectivity index (χ3n) is 4.02. The molecule has 1 saturated heterocycles. The van der Waals surface area contributed by atoms with Crippen molar-refractivity contribution in [1.82, 2.24) is 5.32 Å². The van der Waals surface area contributed by atoms with E-state index < -0.39 is 0 Å². The minimum atomic E-state index is -0.384. The predicted molar refractivity (Wildman–Crippen MR) is 90.7 cm³/mol. The van der Waals surface area contributed by atoms with Crippen LogP contribution in [0.5, 0.6) is 0 Å².